The van der Waals surface area contributed by atoms with E-state index in [1.807, 2.05) is 12.1 Å². The lowest BCUT2D eigenvalue weighted by molar-refractivity contribution is -0.108. The lowest BCUT2D eigenvalue weighted by Crippen LogP contribution is -2.08. The summed E-state index contributed by atoms with van der Waals surface area (Å²) in [5.41, 5.74) is 1.21. The molecule has 2 rings (SSSR count). The highest BCUT2D eigenvalue weighted by Crippen LogP contribution is 2.35. The summed E-state index contributed by atoms with van der Waals surface area (Å²) in [6.45, 7) is 0. The largest absolute Gasteiger partial charge is 0.461 e. The first-order valence-electron chi connectivity index (χ1n) is 6.64. The fourth-order valence-electron chi connectivity index (χ4n) is 2.52. The normalized spacial score (nSPS) is 19.6. The van der Waals surface area contributed by atoms with Crippen LogP contribution in [0.25, 0.3) is 5.57 Å². The lowest BCUT2D eigenvalue weighted by atomic mass is 9.84. The van der Waals surface area contributed by atoms with Crippen LogP contribution in [0.15, 0.2) is 22.6 Å². The molecule has 2 nitrogen and oxygen atoms in total. The Kier molecular flexibility index (Phi) is 5.06. The molecule has 0 aromatic carbocycles. The second kappa shape index (κ2) is 6.79. The molecule has 0 spiro atoms. The third kappa shape index (κ3) is 3.26. The van der Waals surface area contributed by atoms with Gasteiger partial charge >= 0.3 is 0 Å². The molecule has 0 bridgehead atoms. The Morgan fingerprint density at radius 3 is 3.11 bits per heavy atom. The minimum Gasteiger partial charge on any atom is -0.461 e. The van der Waals surface area contributed by atoms with Gasteiger partial charge in [0.2, 0.25) is 0 Å². The van der Waals surface area contributed by atoms with Crippen molar-refractivity contribution >= 4 is 23.5 Å². The summed E-state index contributed by atoms with van der Waals surface area (Å²) in [4.78, 5) is 10.7. The van der Waals surface area contributed by atoms with Crippen LogP contribution in [-0.2, 0) is 11.2 Å². The average molecular weight is 267 g/mol. The molecular weight excluding hydrogens is 248 g/mol. The molecule has 0 fully saturated rings. The van der Waals surface area contributed by atoms with E-state index in [0.717, 1.165) is 43.5 Å². The Balaban J connectivity index is 2.10. The van der Waals surface area contributed by atoms with Gasteiger partial charge in [0.15, 0.2) is 0 Å². The van der Waals surface area contributed by atoms with Gasteiger partial charge in [-0.3, -0.25) is 0 Å². The Hall–Kier alpha value is -1.02. The van der Waals surface area contributed by atoms with Gasteiger partial charge in [0.1, 0.15) is 17.8 Å². The van der Waals surface area contributed by atoms with E-state index in [2.05, 4.69) is 6.08 Å². The van der Waals surface area contributed by atoms with Crippen molar-refractivity contribution < 1.29 is 9.21 Å². The average Bonchev–Trinajstić information content (AvgIpc) is 2.86. The van der Waals surface area contributed by atoms with E-state index < -0.39 is 0 Å². The van der Waals surface area contributed by atoms with Gasteiger partial charge < -0.3 is 9.21 Å². The fraction of sp³-hybridized carbons (Fsp3) is 0.533. The van der Waals surface area contributed by atoms with Crippen molar-refractivity contribution in [1.29, 1.82) is 0 Å². The second-order valence-electron chi connectivity index (χ2n) is 4.75. The molecule has 0 saturated heterocycles. The standard InChI is InChI=1S/C15H19ClO2/c16-10-3-5-13-7-8-15(18-13)14-6-2-1-4-12(14)9-11-17/h6-8,11-12H,1-5,9-10H2. The number of hydrogen-bond donors (Lipinski definition) is 0. The molecule has 0 N–H and O–H groups in total. The summed E-state index contributed by atoms with van der Waals surface area (Å²) in [6, 6.07) is 4.05. The van der Waals surface area contributed by atoms with Crippen molar-refractivity contribution in [2.45, 2.75) is 38.5 Å². The molecule has 1 atom stereocenters. The molecule has 0 amide bonds. The molecule has 18 heavy (non-hydrogen) atoms. The molecule has 1 aliphatic carbocycles. The summed E-state index contributed by atoms with van der Waals surface area (Å²) in [5, 5.41) is 0. The van der Waals surface area contributed by atoms with Crippen LogP contribution in [0, 0.1) is 5.92 Å². The van der Waals surface area contributed by atoms with Crippen LogP contribution in [0.5, 0.6) is 0 Å². The Bertz CT molecular complexity index is 420. The van der Waals surface area contributed by atoms with Gasteiger partial charge in [-0.25, -0.2) is 0 Å². The quantitative estimate of drug-likeness (QED) is 0.570. The van der Waals surface area contributed by atoms with Crippen LogP contribution < -0.4 is 0 Å². The third-order valence-corrected chi connectivity index (χ3v) is 3.71. The van der Waals surface area contributed by atoms with E-state index in [1.54, 1.807) is 0 Å². The minimum atomic E-state index is 0.336. The summed E-state index contributed by atoms with van der Waals surface area (Å²) in [5.74, 6) is 2.92. The van der Waals surface area contributed by atoms with Crippen LogP contribution in [0.3, 0.4) is 0 Å². The maximum absolute atomic E-state index is 10.7. The van der Waals surface area contributed by atoms with Gasteiger partial charge in [-0.15, -0.1) is 11.6 Å². The highest BCUT2D eigenvalue weighted by molar-refractivity contribution is 6.17. The van der Waals surface area contributed by atoms with Crippen LogP contribution in [0.2, 0.25) is 0 Å². The molecule has 1 heterocycles. The van der Waals surface area contributed by atoms with Crippen molar-refractivity contribution in [3.8, 4) is 0 Å². The zero-order valence-electron chi connectivity index (χ0n) is 10.5. The van der Waals surface area contributed by atoms with Crippen molar-refractivity contribution in [3.05, 3.63) is 29.7 Å². The number of aryl methyl sites for hydroxylation is 1. The number of alkyl halides is 1. The van der Waals surface area contributed by atoms with Crippen LogP contribution in [0.1, 0.15) is 43.6 Å². The van der Waals surface area contributed by atoms with Crippen LogP contribution in [-0.4, -0.2) is 12.2 Å². The first kappa shape index (κ1) is 13.4. The number of allylic oxidation sites excluding steroid dienone is 2. The first-order valence-corrected chi connectivity index (χ1v) is 7.17. The number of hydrogen-bond acceptors (Lipinski definition) is 2. The van der Waals surface area contributed by atoms with Gasteiger partial charge in [0.25, 0.3) is 0 Å². The summed E-state index contributed by atoms with van der Waals surface area (Å²) < 4.78 is 5.86. The van der Waals surface area contributed by atoms with E-state index in [1.165, 1.54) is 12.0 Å². The number of rotatable bonds is 6. The maximum atomic E-state index is 10.7. The predicted octanol–water partition coefficient (Wildman–Crippen LogP) is 4.22. The molecule has 98 valence electrons. The van der Waals surface area contributed by atoms with Gasteiger partial charge in [-0.2, -0.15) is 0 Å². The summed E-state index contributed by atoms with van der Waals surface area (Å²) >= 11 is 5.68. The maximum Gasteiger partial charge on any atom is 0.130 e. The highest BCUT2D eigenvalue weighted by Gasteiger charge is 2.21. The number of halogens is 1. The number of furan rings is 1. The Morgan fingerprint density at radius 2 is 2.33 bits per heavy atom. The Labute approximate surface area is 113 Å². The zero-order chi connectivity index (χ0) is 12.8. The minimum absolute atomic E-state index is 0.336. The lowest BCUT2D eigenvalue weighted by Gasteiger charge is -2.20. The molecular formula is C15H19ClO2. The predicted molar refractivity (Wildman–Crippen MR) is 73.7 cm³/mol. The fourth-order valence-corrected chi connectivity index (χ4v) is 2.65. The van der Waals surface area contributed by atoms with E-state index in [9.17, 15) is 4.79 Å². The molecule has 0 radical (unpaired) electrons. The first-order chi connectivity index (χ1) is 8.85. The summed E-state index contributed by atoms with van der Waals surface area (Å²) in [7, 11) is 0. The van der Waals surface area contributed by atoms with E-state index in [4.69, 9.17) is 16.0 Å². The third-order valence-electron chi connectivity index (χ3n) is 3.44. The van der Waals surface area contributed by atoms with Crippen LogP contribution in [0.4, 0.5) is 0 Å². The number of carbonyl (C=O) groups is 1. The van der Waals surface area contributed by atoms with Gasteiger partial charge in [0.05, 0.1) is 0 Å². The summed E-state index contributed by atoms with van der Waals surface area (Å²) in [6.07, 6.45) is 9.00. The monoisotopic (exact) mass is 266 g/mol. The van der Waals surface area contributed by atoms with Crippen LogP contribution >= 0.6 is 11.6 Å². The topological polar surface area (TPSA) is 30.2 Å². The molecule has 1 aliphatic rings. The van der Waals surface area contributed by atoms with Crippen molar-refractivity contribution in [2.24, 2.45) is 5.92 Å². The molecule has 1 aromatic rings. The van der Waals surface area contributed by atoms with E-state index in [0.29, 0.717) is 18.2 Å². The SMILES string of the molecule is O=CCC1CCCC=C1c1ccc(CCCCl)o1. The zero-order valence-corrected chi connectivity index (χ0v) is 11.3. The van der Waals surface area contributed by atoms with Crippen molar-refractivity contribution in [3.63, 3.8) is 0 Å². The second-order valence-corrected chi connectivity index (χ2v) is 5.13. The number of aldehydes is 1. The number of carbonyl (C=O) groups excluding carboxylic acids is 1. The van der Waals surface area contributed by atoms with Gasteiger partial charge in [-0.05, 0) is 49.3 Å². The molecule has 3 heteroatoms. The molecule has 1 unspecified atom stereocenters. The van der Waals surface area contributed by atoms with Crippen molar-refractivity contribution in [1.82, 2.24) is 0 Å². The highest BCUT2D eigenvalue weighted by atomic mass is 35.5. The van der Waals surface area contributed by atoms with E-state index in [-0.39, 0.29) is 0 Å². The molecule has 0 saturated carbocycles. The van der Waals surface area contributed by atoms with Crippen molar-refractivity contribution in [2.75, 3.05) is 5.88 Å². The van der Waals surface area contributed by atoms with E-state index >= 15 is 0 Å². The molecule has 1 aromatic heterocycles. The Morgan fingerprint density at radius 1 is 1.44 bits per heavy atom. The van der Waals surface area contributed by atoms with Gasteiger partial charge in [-0.1, -0.05) is 6.08 Å². The van der Waals surface area contributed by atoms with Gasteiger partial charge in [0, 0.05) is 18.7 Å². The smallest absolute Gasteiger partial charge is 0.130 e. The molecule has 0 aliphatic heterocycles.